The molecule has 0 aromatic heterocycles. The molecule has 0 aromatic rings. The molecule has 0 spiro atoms. The number of hydrogen-bond acceptors (Lipinski definition) is 2. The Morgan fingerprint density at radius 2 is 1.10 bits per heavy atom. The molecule has 122 valence electrons. The van der Waals surface area contributed by atoms with E-state index in [0.29, 0.717) is 30.1 Å². The van der Waals surface area contributed by atoms with Gasteiger partial charge in [-0.15, -0.1) is 46.4 Å². The van der Waals surface area contributed by atoms with E-state index in [1.807, 2.05) is 0 Å². The lowest BCUT2D eigenvalue weighted by Gasteiger charge is -2.49. The van der Waals surface area contributed by atoms with Gasteiger partial charge in [-0.25, -0.2) is 0 Å². The summed E-state index contributed by atoms with van der Waals surface area (Å²) >= 11 is 24.1. The molecule has 0 heterocycles. The van der Waals surface area contributed by atoms with Crippen LogP contribution in [-0.4, -0.2) is 35.6 Å². The second-order valence-corrected chi connectivity index (χ2v) is 6.95. The van der Waals surface area contributed by atoms with Gasteiger partial charge >= 0.3 is 0 Å². The number of hydrogen-bond donors (Lipinski definition) is 2. The molecule has 0 saturated heterocycles. The smallest absolute Gasteiger partial charge is 0.0241 e. The van der Waals surface area contributed by atoms with Gasteiger partial charge in [0.15, 0.2) is 0 Å². The lowest BCUT2D eigenvalue weighted by Crippen LogP contribution is -2.57. The lowest BCUT2D eigenvalue weighted by molar-refractivity contribution is 0.0839. The van der Waals surface area contributed by atoms with Crippen LogP contribution in [0.2, 0.25) is 0 Å². The van der Waals surface area contributed by atoms with Crippen LogP contribution in [0.25, 0.3) is 0 Å². The molecule has 4 N–H and O–H groups in total. The fraction of sp³-hybridized carbons (Fsp3) is 1.00. The molecule has 0 aliphatic rings. The summed E-state index contributed by atoms with van der Waals surface area (Å²) in [7, 11) is 0. The van der Waals surface area contributed by atoms with Crippen LogP contribution in [0.5, 0.6) is 0 Å². The van der Waals surface area contributed by atoms with E-state index in [-0.39, 0.29) is 5.41 Å². The standard InChI is InChI=1S/C14H28Cl4N2/c15-8-4-13(5-9-16,3-1-2-12-19)14(20,6-10-17)7-11-18/h1-12,19-20H2. The van der Waals surface area contributed by atoms with Crippen molar-refractivity contribution in [1.29, 1.82) is 0 Å². The average Bonchev–Trinajstić information content (AvgIpc) is 2.40. The molecule has 0 amide bonds. The third-order valence-electron chi connectivity index (χ3n) is 4.39. The van der Waals surface area contributed by atoms with Crippen LogP contribution in [0.4, 0.5) is 0 Å². The summed E-state index contributed by atoms with van der Waals surface area (Å²) in [6.45, 7) is 0.695. The average molecular weight is 366 g/mol. The Kier molecular flexibility index (Phi) is 12.2. The van der Waals surface area contributed by atoms with Crippen LogP contribution in [0.3, 0.4) is 0 Å². The number of unbranched alkanes of at least 4 members (excludes halogenated alkanes) is 1. The van der Waals surface area contributed by atoms with Crippen molar-refractivity contribution < 1.29 is 0 Å². The highest BCUT2D eigenvalue weighted by atomic mass is 35.5. The SMILES string of the molecule is NCCCCC(CCCl)(CCCl)C(N)(CCCl)CCCl. The van der Waals surface area contributed by atoms with E-state index in [9.17, 15) is 0 Å². The van der Waals surface area contributed by atoms with Crippen LogP contribution >= 0.6 is 46.4 Å². The first kappa shape index (κ1) is 21.1. The van der Waals surface area contributed by atoms with Gasteiger partial charge in [0.25, 0.3) is 0 Å². The van der Waals surface area contributed by atoms with E-state index in [1.165, 1.54) is 0 Å². The van der Waals surface area contributed by atoms with Crippen molar-refractivity contribution in [2.75, 3.05) is 30.1 Å². The van der Waals surface area contributed by atoms with Crippen molar-refractivity contribution in [1.82, 2.24) is 0 Å². The van der Waals surface area contributed by atoms with Crippen molar-refractivity contribution in [3.05, 3.63) is 0 Å². The molecule has 0 aliphatic heterocycles. The van der Waals surface area contributed by atoms with Gasteiger partial charge in [-0.2, -0.15) is 0 Å². The second kappa shape index (κ2) is 11.6. The molecule has 0 aromatic carbocycles. The molecule has 0 rings (SSSR count). The molecular weight excluding hydrogens is 338 g/mol. The maximum Gasteiger partial charge on any atom is 0.0241 e. The Hall–Kier alpha value is 1.08. The minimum atomic E-state index is -0.408. The third-order valence-corrected chi connectivity index (χ3v) is 5.15. The second-order valence-electron chi connectivity index (χ2n) is 5.44. The molecule has 6 heteroatoms. The first-order chi connectivity index (χ1) is 9.55. The van der Waals surface area contributed by atoms with Crippen LogP contribution in [0.1, 0.15) is 44.9 Å². The van der Waals surface area contributed by atoms with E-state index in [0.717, 1.165) is 44.9 Å². The van der Waals surface area contributed by atoms with Crippen molar-refractivity contribution in [3.63, 3.8) is 0 Å². The molecule has 2 nitrogen and oxygen atoms in total. The van der Waals surface area contributed by atoms with E-state index >= 15 is 0 Å². The molecule has 0 fully saturated rings. The van der Waals surface area contributed by atoms with Crippen LogP contribution in [0.15, 0.2) is 0 Å². The van der Waals surface area contributed by atoms with Gasteiger partial charge in [0.05, 0.1) is 0 Å². The topological polar surface area (TPSA) is 52.0 Å². The highest BCUT2D eigenvalue weighted by Crippen LogP contribution is 2.46. The van der Waals surface area contributed by atoms with Crippen molar-refractivity contribution in [2.45, 2.75) is 50.5 Å². The van der Waals surface area contributed by atoms with Crippen LogP contribution in [0, 0.1) is 5.41 Å². The zero-order valence-corrected chi connectivity index (χ0v) is 15.2. The Bertz CT molecular complexity index is 227. The Labute approximate surface area is 143 Å². The summed E-state index contributed by atoms with van der Waals surface area (Å²) in [5.41, 5.74) is 11.8. The van der Waals surface area contributed by atoms with Gasteiger partial charge in [0, 0.05) is 29.1 Å². The largest absolute Gasteiger partial charge is 0.330 e. The summed E-state index contributed by atoms with van der Waals surface area (Å²) in [6, 6.07) is 0. The van der Waals surface area contributed by atoms with E-state index in [2.05, 4.69) is 0 Å². The minimum absolute atomic E-state index is 0.102. The summed E-state index contributed by atoms with van der Waals surface area (Å²) < 4.78 is 0. The monoisotopic (exact) mass is 364 g/mol. The summed E-state index contributed by atoms with van der Waals surface area (Å²) in [4.78, 5) is 0. The van der Waals surface area contributed by atoms with E-state index in [4.69, 9.17) is 57.9 Å². The molecule has 0 saturated carbocycles. The molecule has 0 atom stereocenters. The zero-order chi connectivity index (χ0) is 15.5. The predicted octanol–water partition coefficient (Wildman–Crippen LogP) is 4.31. The molecule has 0 radical (unpaired) electrons. The Balaban J connectivity index is 5.25. The fourth-order valence-electron chi connectivity index (χ4n) is 3.08. The summed E-state index contributed by atoms with van der Waals surface area (Å²) in [5, 5.41) is 0. The highest BCUT2D eigenvalue weighted by molar-refractivity contribution is 6.19. The van der Waals surface area contributed by atoms with E-state index in [1.54, 1.807) is 0 Å². The van der Waals surface area contributed by atoms with Gasteiger partial charge in [-0.1, -0.05) is 6.42 Å². The van der Waals surface area contributed by atoms with Crippen molar-refractivity contribution >= 4 is 46.4 Å². The quantitative estimate of drug-likeness (QED) is 0.377. The highest BCUT2D eigenvalue weighted by Gasteiger charge is 2.46. The third kappa shape index (κ3) is 6.06. The summed E-state index contributed by atoms with van der Waals surface area (Å²) in [5.74, 6) is 2.19. The van der Waals surface area contributed by atoms with Gasteiger partial charge < -0.3 is 11.5 Å². The van der Waals surface area contributed by atoms with Gasteiger partial charge in [-0.05, 0) is 50.5 Å². The molecular formula is C14H28Cl4N2. The lowest BCUT2D eigenvalue weighted by atomic mass is 9.61. The number of nitrogens with two attached hydrogens (primary N) is 2. The maximum atomic E-state index is 6.74. The number of rotatable bonds is 13. The normalized spacial score (nSPS) is 12.9. The number of halogens is 4. The van der Waals surface area contributed by atoms with E-state index < -0.39 is 5.54 Å². The minimum Gasteiger partial charge on any atom is -0.330 e. The zero-order valence-electron chi connectivity index (χ0n) is 12.2. The molecule has 20 heavy (non-hydrogen) atoms. The Morgan fingerprint density at radius 3 is 1.45 bits per heavy atom. The van der Waals surface area contributed by atoms with Gasteiger partial charge in [0.1, 0.15) is 0 Å². The first-order valence-electron chi connectivity index (χ1n) is 7.28. The Morgan fingerprint density at radius 1 is 0.650 bits per heavy atom. The molecule has 0 unspecified atom stereocenters. The van der Waals surface area contributed by atoms with Crippen molar-refractivity contribution in [3.8, 4) is 0 Å². The summed E-state index contributed by atoms with van der Waals surface area (Å²) in [6.07, 6.45) is 6.16. The molecule has 0 aliphatic carbocycles. The van der Waals surface area contributed by atoms with Crippen molar-refractivity contribution in [2.24, 2.45) is 16.9 Å². The van der Waals surface area contributed by atoms with Crippen LogP contribution in [-0.2, 0) is 0 Å². The molecule has 0 bridgehead atoms. The van der Waals surface area contributed by atoms with Crippen LogP contribution < -0.4 is 11.5 Å². The number of alkyl halides is 4. The van der Waals surface area contributed by atoms with Gasteiger partial charge in [-0.3, -0.25) is 0 Å². The maximum absolute atomic E-state index is 6.74. The predicted molar refractivity (Wildman–Crippen MR) is 93.6 cm³/mol. The van der Waals surface area contributed by atoms with Gasteiger partial charge in [0.2, 0.25) is 0 Å². The fourth-order valence-corrected chi connectivity index (χ4v) is 4.48. The first-order valence-corrected chi connectivity index (χ1v) is 9.42.